The summed E-state index contributed by atoms with van der Waals surface area (Å²) in [5.41, 5.74) is 3.09. The molecule has 0 spiro atoms. The fourth-order valence-electron chi connectivity index (χ4n) is 2.96. The van der Waals surface area contributed by atoms with Crippen LogP contribution in [0.5, 0.6) is 5.75 Å². The molecule has 0 aliphatic rings. The Hall–Kier alpha value is -3.26. The fraction of sp³-hybridized carbons (Fsp3) is 0.120. The molecule has 0 unspecified atom stereocenters. The van der Waals surface area contributed by atoms with E-state index in [4.69, 9.17) is 27.9 Å². The number of amides is 1. The van der Waals surface area contributed by atoms with Gasteiger partial charge in [0.25, 0.3) is 5.91 Å². The third-order valence-corrected chi connectivity index (χ3v) is 5.24. The molecule has 0 radical (unpaired) electrons. The molecule has 3 aromatic carbocycles. The number of benzene rings is 3. The van der Waals surface area contributed by atoms with E-state index in [1.807, 2.05) is 49.4 Å². The van der Waals surface area contributed by atoms with E-state index in [2.05, 4.69) is 5.32 Å². The molecule has 1 amide bonds. The Morgan fingerprint density at radius 3 is 2.39 bits per heavy atom. The van der Waals surface area contributed by atoms with Crippen LogP contribution in [0, 0.1) is 11.3 Å². The van der Waals surface area contributed by atoms with Gasteiger partial charge in [0.15, 0.2) is 0 Å². The van der Waals surface area contributed by atoms with Crippen LogP contribution >= 0.6 is 23.2 Å². The molecule has 0 bridgehead atoms. The first-order valence-electron chi connectivity index (χ1n) is 9.68. The van der Waals surface area contributed by atoms with Gasteiger partial charge in [0, 0.05) is 22.2 Å². The van der Waals surface area contributed by atoms with Crippen LogP contribution in [-0.2, 0) is 11.2 Å². The zero-order valence-electron chi connectivity index (χ0n) is 16.9. The lowest BCUT2D eigenvalue weighted by atomic mass is 10.0. The van der Waals surface area contributed by atoms with Crippen molar-refractivity contribution >= 4 is 40.9 Å². The molecule has 1 N–H and O–H groups in total. The second-order valence-corrected chi connectivity index (χ2v) is 7.51. The molecule has 6 heteroatoms. The molecule has 4 nitrogen and oxygen atoms in total. The molecule has 0 saturated heterocycles. The lowest BCUT2D eigenvalue weighted by Gasteiger charge is -2.08. The summed E-state index contributed by atoms with van der Waals surface area (Å²) in [5, 5.41) is 13.4. The highest BCUT2D eigenvalue weighted by atomic mass is 35.5. The zero-order chi connectivity index (χ0) is 22.2. The van der Waals surface area contributed by atoms with Gasteiger partial charge < -0.3 is 10.1 Å². The summed E-state index contributed by atoms with van der Waals surface area (Å²) < 4.78 is 5.38. The van der Waals surface area contributed by atoms with Crippen LogP contribution in [0.15, 0.2) is 72.3 Å². The number of halogens is 2. The molecule has 3 rings (SSSR count). The van der Waals surface area contributed by atoms with E-state index in [0.717, 1.165) is 11.1 Å². The summed E-state index contributed by atoms with van der Waals surface area (Å²) in [7, 11) is 0. The SMILES string of the molecule is CCOc1ccc(NC(=O)/C(C#N)=C/c2ccc(Cc3ccccc3Cl)c(Cl)c2)cc1. The Bertz CT molecular complexity index is 1150. The number of nitriles is 1. The van der Waals surface area contributed by atoms with Crippen LogP contribution < -0.4 is 10.1 Å². The minimum atomic E-state index is -0.497. The number of nitrogens with zero attached hydrogens (tertiary/aromatic N) is 1. The fourth-order valence-corrected chi connectivity index (χ4v) is 3.42. The van der Waals surface area contributed by atoms with Gasteiger partial charge in [-0.05, 0) is 66.1 Å². The van der Waals surface area contributed by atoms with E-state index in [9.17, 15) is 10.1 Å². The van der Waals surface area contributed by atoms with Crippen LogP contribution in [0.4, 0.5) is 5.69 Å². The third kappa shape index (κ3) is 6.11. The van der Waals surface area contributed by atoms with Crippen molar-refractivity contribution < 1.29 is 9.53 Å². The first-order valence-corrected chi connectivity index (χ1v) is 10.4. The van der Waals surface area contributed by atoms with Crippen molar-refractivity contribution in [3.63, 3.8) is 0 Å². The van der Waals surface area contributed by atoms with E-state index in [1.54, 1.807) is 30.3 Å². The molecular formula is C25H20Cl2N2O2. The molecule has 0 heterocycles. The maximum atomic E-state index is 12.5. The summed E-state index contributed by atoms with van der Waals surface area (Å²) in [6.45, 7) is 2.46. The summed E-state index contributed by atoms with van der Waals surface area (Å²) in [6.07, 6.45) is 2.10. The number of hydrogen-bond acceptors (Lipinski definition) is 3. The number of rotatable bonds is 7. The van der Waals surface area contributed by atoms with E-state index >= 15 is 0 Å². The zero-order valence-corrected chi connectivity index (χ0v) is 18.4. The molecule has 0 saturated carbocycles. The molecule has 156 valence electrons. The highest BCUT2D eigenvalue weighted by Gasteiger charge is 2.11. The van der Waals surface area contributed by atoms with Crippen molar-refractivity contribution in [3.05, 3.63) is 99.0 Å². The maximum absolute atomic E-state index is 12.5. The molecule has 0 aliphatic carbocycles. The summed E-state index contributed by atoms with van der Waals surface area (Å²) >= 11 is 12.7. The Balaban J connectivity index is 1.74. The second kappa shape index (κ2) is 10.7. The Morgan fingerprint density at radius 2 is 1.74 bits per heavy atom. The maximum Gasteiger partial charge on any atom is 0.266 e. The first-order chi connectivity index (χ1) is 15.0. The van der Waals surface area contributed by atoms with E-state index in [-0.39, 0.29) is 5.57 Å². The Labute approximate surface area is 191 Å². The van der Waals surface area contributed by atoms with Gasteiger partial charge in [-0.3, -0.25) is 4.79 Å². The third-order valence-electron chi connectivity index (χ3n) is 4.52. The molecule has 0 aromatic heterocycles. The lowest BCUT2D eigenvalue weighted by Crippen LogP contribution is -2.13. The molecule has 0 atom stereocenters. The van der Waals surface area contributed by atoms with Crippen LogP contribution in [0.25, 0.3) is 6.08 Å². The van der Waals surface area contributed by atoms with Gasteiger partial charge in [-0.15, -0.1) is 0 Å². The molecule has 0 fully saturated rings. The average Bonchev–Trinajstić information content (AvgIpc) is 2.76. The van der Waals surface area contributed by atoms with E-state index < -0.39 is 5.91 Å². The molecule has 31 heavy (non-hydrogen) atoms. The molecular weight excluding hydrogens is 431 g/mol. The summed E-state index contributed by atoms with van der Waals surface area (Å²) in [5.74, 6) is 0.214. The number of ether oxygens (including phenoxy) is 1. The van der Waals surface area contributed by atoms with Gasteiger partial charge in [0.1, 0.15) is 17.4 Å². The molecule has 0 aliphatic heterocycles. The van der Waals surface area contributed by atoms with Gasteiger partial charge in [-0.1, -0.05) is 53.5 Å². The van der Waals surface area contributed by atoms with Gasteiger partial charge in [0.05, 0.1) is 6.61 Å². The number of carbonyl (C=O) groups excluding carboxylic acids is 1. The molecule has 3 aromatic rings. The average molecular weight is 451 g/mol. The smallest absolute Gasteiger partial charge is 0.266 e. The highest BCUT2D eigenvalue weighted by molar-refractivity contribution is 6.32. The van der Waals surface area contributed by atoms with Gasteiger partial charge in [-0.25, -0.2) is 0 Å². The number of carbonyl (C=O) groups is 1. The van der Waals surface area contributed by atoms with Crippen molar-refractivity contribution in [2.75, 3.05) is 11.9 Å². The number of anilines is 1. The van der Waals surface area contributed by atoms with Gasteiger partial charge in [0.2, 0.25) is 0 Å². The number of nitrogens with one attached hydrogen (secondary N) is 1. The highest BCUT2D eigenvalue weighted by Crippen LogP contribution is 2.25. The van der Waals surface area contributed by atoms with Crippen LogP contribution in [0.2, 0.25) is 10.0 Å². The quantitative estimate of drug-likeness (QED) is 0.328. The Morgan fingerprint density at radius 1 is 1.03 bits per heavy atom. The van der Waals surface area contributed by atoms with Crippen molar-refractivity contribution in [2.45, 2.75) is 13.3 Å². The Kier molecular flexibility index (Phi) is 7.72. The predicted molar refractivity (Wildman–Crippen MR) is 126 cm³/mol. The minimum absolute atomic E-state index is 0.0243. The van der Waals surface area contributed by atoms with Crippen LogP contribution in [0.3, 0.4) is 0 Å². The van der Waals surface area contributed by atoms with E-state index in [0.29, 0.717) is 40.1 Å². The van der Waals surface area contributed by atoms with Crippen molar-refractivity contribution in [1.29, 1.82) is 5.26 Å². The predicted octanol–water partition coefficient (Wildman–Crippen LogP) is 6.53. The summed E-state index contributed by atoms with van der Waals surface area (Å²) in [4.78, 5) is 12.5. The van der Waals surface area contributed by atoms with Gasteiger partial charge in [-0.2, -0.15) is 5.26 Å². The summed E-state index contributed by atoms with van der Waals surface area (Å²) in [6, 6.07) is 21.9. The first kappa shape index (κ1) is 22.4. The second-order valence-electron chi connectivity index (χ2n) is 6.70. The lowest BCUT2D eigenvalue weighted by molar-refractivity contribution is -0.112. The normalized spacial score (nSPS) is 11.0. The van der Waals surface area contributed by atoms with Gasteiger partial charge >= 0.3 is 0 Å². The van der Waals surface area contributed by atoms with Crippen molar-refractivity contribution in [1.82, 2.24) is 0 Å². The monoisotopic (exact) mass is 450 g/mol. The van der Waals surface area contributed by atoms with Crippen LogP contribution in [0.1, 0.15) is 23.6 Å². The minimum Gasteiger partial charge on any atom is -0.494 e. The topological polar surface area (TPSA) is 62.1 Å². The van der Waals surface area contributed by atoms with Crippen LogP contribution in [-0.4, -0.2) is 12.5 Å². The van der Waals surface area contributed by atoms with E-state index in [1.165, 1.54) is 6.08 Å². The van der Waals surface area contributed by atoms with Crippen molar-refractivity contribution in [2.24, 2.45) is 0 Å². The van der Waals surface area contributed by atoms with Crippen molar-refractivity contribution in [3.8, 4) is 11.8 Å². The largest absolute Gasteiger partial charge is 0.494 e. The standard InChI is InChI=1S/C25H20Cl2N2O2/c1-2-31-22-11-9-21(10-12-22)29-25(30)20(16-28)13-17-7-8-19(24(27)14-17)15-18-5-3-4-6-23(18)26/h3-14H,2,15H2,1H3,(H,29,30)/b20-13+. The number of hydrogen-bond donors (Lipinski definition) is 1.